The SMILES string of the molecule is Fc1cc(Br)cc(-c2noc(C3CSCCN3)n2)c1. The lowest BCUT2D eigenvalue weighted by atomic mass is 10.2. The van der Waals surface area contributed by atoms with Gasteiger partial charge in [0.25, 0.3) is 0 Å². The number of hydrogen-bond donors (Lipinski definition) is 1. The van der Waals surface area contributed by atoms with Gasteiger partial charge in [0.15, 0.2) is 0 Å². The summed E-state index contributed by atoms with van der Waals surface area (Å²) in [6.07, 6.45) is 0. The Bertz CT molecular complexity index is 566. The van der Waals surface area contributed by atoms with Gasteiger partial charge in [0, 0.05) is 28.1 Å². The molecule has 0 saturated carbocycles. The van der Waals surface area contributed by atoms with E-state index in [1.807, 2.05) is 11.8 Å². The summed E-state index contributed by atoms with van der Waals surface area (Å²) in [5.41, 5.74) is 0.602. The number of thioether (sulfide) groups is 1. The molecular weight excluding hydrogens is 333 g/mol. The monoisotopic (exact) mass is 343 g/mol. The quantitative estimate of drug-likeness (QED) is 0.908. The molecule has 0 spiro atoms. The van der Waals surface area contributed by atoms with Crippen LogP contribution in [0.1, 0.15) is 11.9 Å². The Labute approximate surface area is 122 Å². The molecule has 19 heavy (non-hydrogen) atoms. The number of benzene rings is 1. The van der Waals surface area contributed by atoms with E-state index in [4.69, 9.17) is 4.52 Å². The second-order valence-corrected chi connectivity index (χ2v) is 6.26. The zero-order chi connectivity index (χ0) is 13.2. The van der Waals surface area contributed by atoms with Crippen LogP contribution in [0.3, 0.4) is 0 Å². The number of nitrogens with one attached hydrogen (secondary N) is 1. The van der Waals surface area contributed by atoms with Crippen LogP contribution in [0, 0.1) is 5.82 Å². The fraction of sp³-hybridized carbons (Fsp3) is 0.333. The maximum Gasteiger partial charge on any atom is 0.244 e. The van der Waals surface area contributed by atoms with E-state index in [9.17, 15) is 4.39 Å². The highest BCUT2D eigenvalue weighted by Crippen LogP contribution is 2.25. The van der Waals surface area contributed by atoms with Crippen molar-refractivity contribution in [1.29, 1.82) is 0 Å². The first-order chi connectivity index (χ1) is 9.22. The van der Waals surface area contributed by atoms with Crippen molar-refractivity contribution in [2.45, 2.75) is 6.04 Å². The molecule has 0 aliphatic carbocycles. The van der Waals surface area contributed by atoms with Crippen molar-refractivity contribution in [3.63, 3.8) is 0 Å². The second-order valence-electron chi connectivity index (χ2n) is 4.20. The van der Waals surface area contributed by atoms with Gasteiger partial charge in [-0.05, 0) is 18.2 Å². The van der Waals surface area contributed by atoms with Crippen LogP contribution in [0.2, 0.25) is 0 Å². The Morgan fingerprint density at radius 3 is 3.05 bits per heavy atom. The summed E-state index contributed by atoms with van der Waals surface area (Å²) in [4.78, 5) is 4.35. The molecule has 7 heteroatoms. The Morgan fingerprint density at radius 2 is 2.32 bits per heavy atom. The lowest BCUT2D eigenvalue weighted by Crippen LogP contribution is -2.30. The minimum atomic E-state index is -0.331. The third kappa shape index (κ3) is 2.98. The van der Waals surface area contributed by atoms with Crippen molar-refractivity contribution in [3.05, 3.63) is 34.4 Å². The lowest BCUT2D eigenvalue weighted by Gasteiger charge is -2.19. The maximum atomic E-state index is 13.3. The fourth-order valence-corrected chi connectivity index (χ4v) is 3.29. The third-order valence-corrected chi connectivity index (χ3v) is 4.30. The molecule has 1 saturated heterocycles. The topological polar surface area (TPSA) is 51.0 Å². The number of rotatable bonds is 2. The standard InChI is InChI=1S/C12H11BrFN3OS/c13-8-3-7(4-9(14)5-8)11-16-12(18-17-11)10-6-19-2-1-15-10/h3-5,10,15H,1-2,6H2. The Kier molecular flexibility index (Phi) is 3.86. The van der Waals surface area contributed by atoms with Gasteiger partial charge in [0.1, 0.15) is 5.82 Å². The van der Waals surface area contributed by atoms with E-state index in [0.29, 0.717) is 21.8 Å². The average molecular weight is 344 g/mol. The molecular formula is C12H11BrFN3OS. The summed E-state index contributed by atoms with van der Waals surface area (Å²) in [5.74, 6) is 2.64. The molecule has 1 unspecified atom stereocenters. The first kappa shape index (κ1) is 13.1. The molecule has 100 valence electrons. The zero-order valence-electron chi connectivity index (χ0n) is 9.90. The van der Waals surface area contributed by atoms with Gasteiger partial charge in [-0.3, -0.25) is 0 Å². The predicted molar refractivity (Wildman–Crippen MR) is 75.5 cm³/mol. The van der Waals surface area contributed by atoms with E-state index in [0.717, 1.165) is 18.1 Å². The summed E-state index contributed by atoms with van der Waals surface area (Å²) < 4.78 is 19.3. The van der Waals surface area contributed by atoms with Crippen molar-refractivity contribution in [2.75, 3.05) is 18.1 Å². The Hall–Kier alpha value is -0.920. The molecule has 2 heterocycles. The summed E-state index contributed by atoms with van der Waals surface area (Å²) >= 11 is 5.10. The van der Waals surface area contributed by atoms with Crippen molar-refractivity contribution in [2.24, 2.45) is 0 Å². The Balaban J connectivity index is 1.87. The van der Waals surface area contributed by atoms with Crippen molar-refractivity contribution in [1.82, 2.24) is 15.5 Å². The normalized spacial score (nSPS) is 19.6. The second kappa shape index (κ2) is 5.60. The smallest absolute Gasteiger partial charge is 0.244 e. The molecule has 1 atom stereocenters. The number of aromatic nitrogens is 2. The molecule has 0 bridgehead atoms. The van der Waals surface area contributed by atoms with Crippen molar-refractivity contribution < 1.29 is 8.91 Å². The van der Waals surface area contributed by atoms with Crippen LogP contribution in [-0.4, -0.2) is 28.2 Å². The average Bonchev–Trinajstić information content (AvgIpc) is 2.88. The summed E-state index contributed by atoms with van der Waals surface area (Å²) in [5, 5.41) is 7.24. The van der Waals surface area contributed by atoms with Gasteiger partial charge in [0.05, 0.1) is 6.04 Å². The van der Waals surface area contributed by atoms with Crippen molar-refractivity contribution >= 4 is 27.7 Å². The van der Waals surface area contributed by atoms with Gasteiger partial charge in [-0.25, -0.2) is 4.39 Å². The van der Waals surface area contributed by atoms with Crippen LogP contribution in [0.15, 0.2) is 27.2 Å². The van der Waals surface area contributed by atoms with Crippen LogP contribution in [-0.2, 0) is 0 Å². The van der Waals surface area contributed by atoms with Gasteiger partial charge < -0.3 is 9.84 Å². The molecule has 1 aliphatic heterocycles. The maximum absolute atomic E-state index is 13.3. The van der Waals surface area contributed by atoms with Gasteiger partial charge in [0.2, 0.25) is 11.7 Å². The van der Waals surface area contributed by atoms with Crippen LogP contribution in [0.5, 0.6) is 0 Å². The molecule has 1 N–H and O–H groups in total. The molecule has 2 aromatic rings. The molecule has 0 radical (unpaired) electrons. The Morgan fingerprint density at radius 1 is 1.42 bits per heavy atom. The van der Waals surface area contributed by atoms with E-state index >= 15 is 0 Å². The highest BCUT2D eigenvalue weighted by Gasteiger charge is 2.21. The van der Waals surface area contributed by atoms with E-state index in [1.54, 1.807) is 6.07 Å². The highest BCUT2D eigenvalue weighted by molar-refractivity contribution is 9.10. The van der Waals surface area contributed by atoms with Gasteiger partial charge in [-0.1, -0.05) is 21.1 Å². The molecule has 1 aromatic carbocycles. The van der Waals surface area contributed by atoms with Crippen LogP contribution >= 0.6 is 27.7 Å². The largest absolute Gasteiger partial charge is 0.337 e. The minimum absolute atomic E-state index is 0.0806. The molecule has 4 nitrogen and oxygen atoms in total. The van der Waals surface area contributed by atoms with E-state index < -0.39 is 0 Å². The molecule has 0 amide bonds. The first-order valence-electron chi connectivity index (χ1n) is 5.83. The molecule has 1 aromatic heterocycles. The molecule has 1 aliphatic rings. The number of halogens is 2. The highest BCUT2D eigenvalue weighted by atomic mass is 79.9. The van der Waals surface area contributed by atoms with E-state index in [1.165, 1.54) is 12.1 Å². The van der Waals surface area contributed by atoms with Gasteiger partial charge in [-0.15, -0.1) is 0 Å². The lowest BCUT2D eigenvalue weighted by molar-refractivity contribution is 0.342. The van der Waals surface area contributed by atoms with Gasteiger partial charge in [-0.2, -0.15) is 16.7 Å². The van der Waals surface area contributed by atoms with Crippen LogP contribution in [0.25, 0.3) is 11.4 Å². The van der Waals surface area contributed by atoms with Gasteiger partial charge >= 0.3 is 0 Å². The summed E-state index contributed by atoms with van der Waals surface area (Å²) in [7, 11) is 0. The predicted octanol–water partition coefficient (Wildman–Crippen LogP) is 3.02. The van der Waals surface area contributed by atoms with E-state index in [-0.39, 0.29) is 11.9 Å². The van der Waals surface area contributed by atoms with E-state index in [2.05, 4.69) is 31.4 Å². The molecule has 1 fully saturated rings. The third-order valence-electron chi connectivity index (χ3n) is 2.78. The van der Waals surface area contributed by atoms with Crippen LogP contribution in [0.4, 0.5) is 4.39 Å². The fourth-order valence-electron chi connectivity index (χ4n) is 1.90. The summed E-state index contributed by atoms with van der Waals surface area (Å²) in [6.45, 7) is 0.929. The number of nitrogens with zero attached hydrogens (tertiary/aromatic N) is 2. The zero-order valence-corrected chi connectivity index (χ0v) is 12.3. The first-order valence-corrected chi connectivity index (χ1v) is 7.78. The summed E-state index contributed by atoms with van der Waals surface area (Å²) in [6, 6.07) is 4.63. The number of hydrogen-bond acceptors (Lipinski definition) is 5. The van der Waals surface area contributed by atoms with Crippen molar-refractivity contribution in [3.8, 4) is 11.4 Å². The molecule has 3 rings (SSSR count). The van der Waals surface area contributed by atoms with Crippen LogP contribution < -0.4 is 5.32 Å². The minimum Gasteiger partial charge on any atom is -0.337 e.